The topological polar surface area (TPSA) is 30.3 Å². The van der Waals surface area contributed by atoms with Gasteiger partial charge in [0.1, 0.15) is 11.6 Å². The lowest BCUT2D eigenvalue weighted by Crippen LogP contribution is -2.24. The Bertz CT molecular complexity index is 1080. The molecule has 0 spiro atoms. The maximum atomic E-state index is 13.9. The molecule has 2 heterocycles. The van der Waals surface area contributed by atoms with Gasteiger partial charge >= 0.3 is 6.55 Å². The molecule has 29 heavy (non-hydrogen) atoms. The molecule has 0 aliphatic heterocycles. The number of thiophene rings is 1. The van der Waals surface area contributed by atoms with E-state index in [1.54, 1.807) is 36.6 Å². The molecule has 2 aromatic heterocycles. The van der Waals surface area contributed by atoms with Crippen molar-refractivity contribution in [1.29, 1.82) is 0 Å². The van der Waals surface area contributed by atoms with Crippen LogP contribution in [0.3, 0.4) is 0 Å². The van der Waals surface area contributed by atoms with Gasteiger partial charge in [0, 0.05) is 23.5 Å². The molecule has 2 aromatic carbocycles. The molecule has 0 fully saturated rings. The van der Waals surface area contributed by atoms with Crippen LogP contribution >= 0.6 is 11.3 Å². The first-order chi connectivity index (χ1) is 14.2. The van der Waals surface area contributed by atoms with E-state index in [0.29, 0.717) is 36.5 Å². The number of para-hydroxylation sites is 3. The molecule has 0 aliphatic carbocycles. The van der Waals surface area contributed by atoms with E-state index < -0.39 is 6.55 Å². The lowest BCUT2D eigenvalue weighted by molar-refractivity contribution is 0.0678. The third kappa shape index (κ3) is 4.31. The Kier molecular flexibility index (Phi) is 5.87. The lowest BCUT2D eigenvalue weighted by atomic mass is 10.2. The molecule has 0 atom stereocenters. The Labute approximate surface area is 172 Å². The predicted octanol–water partition coefficient (Wildman–Crippen LogP) is 5.70. The van der Waals surface area contributed by atoms with Crippen LogP contribution in [0, 0.1) is 0 Å². The fourth-order valence-corrected chi connectivity index (χ4v) is 4.23. The zero-order valence-corrected chi connectivity index (χ0v) is 16.8. The summed E-state index contributed by atoms with van der Waals surface area (Å²) < 4.78 is 34.2. The molecular formula is C22H21F2N3OS. The van der Waals surface area contributed by atoms with E-state index in [2.05, 4.69) is 16.0 Å². The Balaban J connectivity index is 1.68. The van der Waals surface area contributed by atoms with Crippen molar-refractivity contribution >= 4 is 22.4 Å². The summed E-state index contributed by atoms with van der Waals surface area (Å²) >= 11 is 1.65. The highest BCUT2D eigenvalue weighted by Crippen LogP contribution is 2.27. The van der Waals surface area contributed by atoms with Gasteiger partial charge in [0.15, 0.2) is 0 Å². The Morgan fingerprint density at radius 2 is 1.79 bits per heavy atom. The zero-order valence-electron chi connectivity index (χ0n) is 16.0. The van der Waals surface area contributed by atoms with Crippen LogP contribution in [0.4, 0.5) is 8.78 Å². The minimum atomic E-state index is -2.65. The fraction of sp³-hybridized carbons (Fsp3) is 0.227. The number of benzene rings is 2. The quantitative estimate of drug-likeness (QED) is 0.371. The molecule has 7 heteroatoms. The van der Waals surface area contributed by atoms with Gasteiger partial charge in [-0.15, -0.1) is 11.3 Å². The summed E-state index contributed by atoms with van der Waals surface area (Å²) in [6, 6.07) is 18.8. The summed E-state index contributed by atoms with van der Waals surface area (Å²) in [5.74, 6) is 1.14. The summed E-state index contributed by atoms with van der Waals surface area (Å²) in [6.07, 6.45) is 0. The third-order valence-corrected chi connectivity index (χ3v) is 5.64. The smallest absolute Gasteiger partial charge is 0.320 e. The Hall–Kier alpha value is -2.77. The summed E-state index contributed by atoms with van der Waals surface area (Å²) in [4.78, 5) is 7.78. The van der Waals surface area contributed by atoms with E-state index in [1.807, 2.05) is 41.8 Å². The third-order valence-electron chi connectivity index (χ3n) is 4.78. The van der Waals surface area contributed by atoms with Gasteiger partial charge in [0.05, 0.1) is 24.7 Å². The zero-order chi connectivity index (χ0) is 20.2. The molecule has 0 radical (unpaired) electrons. The maximum Gasteiger partial charge on any atom is 0.320 e. The number of hydrogen-bond donors (Lipinski definition) is 0. The molecular weight excluding hydrogens is 392 g/mol. The SMILES string of the molecule is COc1ccccc1CN(Cc1cccs1)Cc1nc2ccccc2n1C(F)F. The number of halogens is 2. The first-order valence-electron chi connectivity index (χ1n) is 9.26. The van der Waals surface area contributed by atoms with E-state index in [1.165, 1.54) is 4.88 Å². The second-order valence-corrected chi connectivity index (χ2v) is 7.73. The van der Waals surface area contributed by atoms with Crippen LogP contribution in [-0.2, 0) is 19.6 Å². The van der Waals surface area contributed by atoms with Gasteiger partial charge in [-0.05, 0) is 29.6 Å². The van der Waals surface area contributed by atoms with E-state index in [0.717, 1.165) is 15.9 Å². The standard InChI is InChI=1S/C22H21F2N3OS/c1-28-20-11-5-2-7-16(20)13-26(14-17-8-6-12-29-17)15-21-25-18-9-3-4-10-19(18)27(21)22(23)24/h2-12,22H,13-15H2,1H3. The molecule has 4 rings (SSSR count). The second kappa shape index (κ2) is 8.71. The average Bonchev–Trinajstić information content (AvgIpc) is 3.35. The van der Waals surface area contributed by atoms with Crippen LogP contribution in [-0.4, -0.2) is 21.6 Å². The highest BCUT2D eigenvalue weighted by Gasteiger charge is 2.21. The number of hydrogen-bond acceptors (Lipinski definition) is 4. The van der Waals surface area contributed by atoms with Crippen molar-refractivity contribution in [3.05, 3.63) is 82.3 Å². The Morgan fingerprint density at radius 3 is 2.55 bits per heavy atom. The van der Waals surface area contributed by atoms with E-state index in [4.69, 9.17) is 4.74 Å². The van der Waals surface area contributed by atoms with Crippen molar-refractivity contribution < 1.29 is 13.5 Å². The number of imidazole rings is 1. The molecule has 0 bridgehead atoms. The molecule has 4 nitrogen and oxygen atoms in total. The van der Waals surface area contributed by atoms with Crippen LogP contribution in [0.25, 0.3) is 11.0 Å². The van der Waals surface area contributed by atoms with Crippen LogP contribution in [0.15, 0.2) is 66.0 Å². The number of methoxy groups -OCH3 is 1. The molecule has 4 aromatic rings. The largest absolute Gasteiger partial charge is 0.496 e. The van der Waals surface area contributed by atoms with Crippen molar-refractivity contribution in [2.24, 2.45) is 0 Å². The van der Waals surface area contributed by atoms with Crippen LogP contribution in [0.2, 0.25) is 0 Å². The highest BCUT2D eigenvalue weighted by molar-refractivity contribution is 7.09. The number of nitrogens with zero attached hydrogens (tertiary/aromatic N) is 3. The van der Waals surface area contributed by atoms with Crippen molar-refractivity contribution in [3.8, 4) is 5.75 Å². The average molecular weight is 413 g/mol. The first kappa shape index (κ1) is 19.5. The fourth-order valence-electron chi connectivity index (χ4n) is 3.49. The lowest BCUT2D eigenvalue weighted by Gasteiger charge is -2.23. The second-order valence-electron chi connectivity index (χ2n) is 6.70. The summed E-state index contributed by atoms with van der Waals surface area (Å²) in [6.45, 7) is -1.14. The van der Waals surface area contributed by atoms with Crippen molar-refractivity contribution in [1.82, 2.24) is 14.5 Å². The monoisotopic (exact) mass is 413 g/mol. The van der Waals surface area contributed by atoms with Gasteiger partial charge in [-0.2, -0.15) is 8.78 Å². The van der Waals surface area contributed by atoms with E-state index >= 15 is 0 Å². The van der Waals surface area contributed by atoms with Gasteiger partial charge in [0.2, 0.25) is 0 Å². The summed E-state index contributed by atoms with van der Waals surface area (Å²) in [7, 11) is 1.64. The van der Waals surface area contributed by atoms with Crippen molar-refractivity contribution in [3.63, 3.8) is 0 Å². The number of aromatic nitrogens is 2. The highest BCUT2D eigenvalue weighted by atomic mass is 32.1. The van der Waals surface area contributed by atoms with Crippen LogP contribution in [0.1, 0.15) is 22.8 Å². The summed E-state index contributed by atoms with van der Waals surface area (Å²) in [5, 5.41) is 2.02. The minimum absolute atomic E-state index is 0.301. The van der Waals surface area contributed by atoms with Gasteiger partial charge in [-0.1, -0.05) is 36.4 Å². The van der Waals surface area contributed by atoms with Crippen molar-refractivity contribution in [2.45, 2.75) is 26.2 Å². The number of ether oxygens (including phenoxy) is 1. The summed E-state index contributed by atoms with van der Waals surface area (Å²) in [5.41, 5.74) is 2.04. The first-order valence-corrected chi connectivity index (χ1v) is 10.1. The normalized spacial score (nSPS) is 11.6. The van der Waals surface area contributed by atoms with Crippen LogP contribution < -0.4 is 4.74 Å². The van der Waals surface area contributed by atoms with Gasteiger partial charge in [-0.3, -0.25) is 9.47 Å². The molecule has 0 unspecified atom stereocenters. The van der Waals surface area contributed by atoms with Crippen molar-refractivity contribution in [2.75, 3.05) is 7.11 Å². The number of fused-ring (bicyclic) bond motifs is 1. The van der Waals surface area contributed by atoms with E-state index in [-0.39, 0.29) is 0 Å². The number of alkyl halides is 2. The maximum absolute atomic E-state index is 13.9. The number of rotatable bonds is 8. The predicted molar refractivity (Wildman–Crippen MR) is 111 cm³/mol. The minimum Gasteiger partial charge on any atom is -0.496 e. The Morgan fingerprint density at radius 1 is 1.00 bits per heavy atom. The van der Waals surface area contributed by atoms with E-state index in [9.17, 15) is 8.78 Å². The molecule has 0 saturated heterocycles. The molecule has 0 saturated carbocycles. The molecule has 0 aliphatic rings. The van der Waals surface area contributed by atoms with Gasteiger partial charge < -0.3 is 4.74 Å². The molecule has 0 N–H and O–H groups in total. The molecule has 150 valence electrons. The van der Waals surface area contributed by atoms with Gasteiger partial charge in [0.25, 0.3) is 0 Å². The van der Waals surface area contributed by atoms with Gasteiger partial charge in [-0.25, -0.2) is 4.98 Å². The molecule has 0 amide bonds. The van der Waals surface area contributed by atoms with Crippen LogP contribution in [0.5, 0.6) is 5.75 Å².